The van der Waals surface area contributed by atoms with Crippen LogP contribution in [0.3, 0.4) is 0 Å². The average molecular weight is 184 g/mol. The molecule has 0 bridgehead atoms. The van der Waals surface area contributed by atoms with Gasteiger partial charge < -0.3 is 10.2 Å². The maximum atomic E-state index is 11.6. The summed E-state index contributed by atoms with van der Waals surface area (Å²) in [4.78, 5) is 24.3. The van der Waals surface area contributed by atoms with Gasteiger partial charge in [0.25, 0.3) is 0 Å². The van der Waals surface area contributed by atoms with E-state index in [-0.39, 0.29) is 23.8 Å². The van der Waals surface area contributed by atoms with E-state index >= 15 is 0 Å². The molecule has 0 aliphatic carbocycles. The summed E-state index contributed by atoms with van der Waals surface area (Å²) in [5, 5.41) is 2.71. The number of likely N-dealkylation sites (N-methyl/N-ethyl adjacent to an activating group) is 1. The summed E-state index contributed by atoms with van der Waals surface area (Å²) >= 11 is 0. The van der Waals surface area contributed by atoms with E-state index in [4.69, 9.17) is 0 Å². The van der Waals surface area contributed by atoms with Crippen molar-refractivity contribution in [1.29, 1.82) is 0 Å². The second-order valence-electron chi connectivity index (χ2n) is 4.56. The quantitative estimate of drug-likeness (QED) is 0.575. The largest absolute Gasteiger partial charge is 0.342 e. The lowest BCUT2D eigenvalue weighted by Crippen LogP contribution is -2.61. The summed E-state index contributed by atoms with van der Waals surface area (Å²) in [6, 6.07) is -0.390. The SMILES string of the molecule is CN1CC(=O)NC(C(C)(C)C)C1=O. The maximum absolute atomic E-state index is 11.6. The maximum Gasteiger partial charge on any atom is 0.245 e. The Morgan fingerprint density at radius 3 is 2.38 bits per heavy atom. The highest BCUT2D eigenvalue weighted by Gasteiger charge is 2.38. The summed E-state index contributed by atoms with van der Waals surface area (Å²) in [5.41, 5.74) is -0.221. The third-order valence-electron chi connectivity index (χ3n) is 2.18. The predicted octanol–water partition coefficient (Wildman–Crippen LogP) is -0.0107. The molecule has 4 nitrogen and oxygen atoms in total. The second-order valence-corrected chi connectivity index (χ2v) is 4.56. The van der Waals surface area contributed by atoms with Crippen molar-refractivity contribution in [2.75, 3.05) is 13.6 Å². The van der Waals surface area contributed by atoms with Crippen molar-refractivity contribution in [3.8, 4) is 0 Å². The van der Waals surface area contributed by atoms with Gasteiger partial charge in [-0.3, -0.25) is 9.59 Å². The third-order valence-corrected chi connectivity index (χ3v) is 2.18. The van der Waals surface area contributed by atoms with E-state index in [0.717, 1.165) is 0 Å². The van der Waals surface area contributed by atoms with Crippen LogP contribution < -0.4 is 5.32 Å². The Labute approximate surface area is 78.3 Å². The second kappa shape index (κ2) is 3.01. The van der Waals surface area contributed by atoms with Crippen molar-refractivity contribution in [3.63, 3.8) is 0 Å². The number of nitrogens with zero attached hydrogens (tertiary/aromatic N) is 1. The van der Waals surface area contributed by atoms with Gasteiger partial charge in [-0.25, -0.2) is 0 Å². The molecule has 1 aliphatic heterocycles. The van der Waals surface area contributed by atoms with E-state index < -0.39 is 6.04 Å². The van der Waals surface area contributed by atoms with Gasteiger partial charge in [0.1, 0.15) is 6.04 Å². The molecule has 1 atom stereocenters. The molecule has 0 spiro atoms. The highest BCUT2D eigenvalue weighted by molar-refractivity contribution is 5.95. The van der Waals surface area contributed by atoms with E-state index in [1.54, 1.807) is 7.05 Å². The molecule has 1 aliphatic rings. The molecule has 1 heterocycles. The first-order valence-corrected chi connectivity index (χ1v) is 4.36. The van der Waals surface area contributed by atoms with Crippen molar-refractivity contribution in [2.24, 2.45) is 5.41 Å². The molecule has 0 radical (unpaired) electrons. The molecule has 1 fully saturated rings. The number of piperazine rings is 1. The lowest BCUT2D eigenvalue weighted by molar-refractivity contribution is -0.145. The Morgan fingerprint density at radius 1 is 1.38 bits per heavy atom. The zero-order chi connectivity index (χ0) is 10.2. The first-order chi connectivity index (χ1) is 5.82. The van der Waals surface area contributed by atoms with Crippen LogP contribution in [0.15, 0.2) is 0 Å². The molecule has 0 aromatic heterocycles. The summed E-state index contributed by atoms with van der Waals surface area (Å²) in [5.74, 6) is -0.0888. The Kier molecular flexibility index (Phi) is 2.32. The van der Waals surface area contributed by atoms with E-state index in [9.17, 15) is 9.59 Å². The molecule has 1 rings (SSSR count). The van der Waals surface area contributed by atoms with Gasteiger partial charge in [-0.15, -0.1) is 0 Å². The van der Waals surface area contributed by atoms with Crippen molar-refractivity contribution >= 4 is 11.8 Å². The number of nitrogens with one attached hydrogen (secondary N) is 1. The van der Waals surface area contributed by atoms with Crippen LogP contribution in [-0.2, 0) is 9.59 Å². The van der Waals surface area contributed by atoms with Gasteiger partial charge in [-0.2, -0.15) is 0 Å². The van der Waals surface area contributed by atoms with E-state index in [0.29, 0.717) is 0 Å². The number of carbonyl (C=O) groups is 2. The van der Waals surface area contributed by atoms with Crippen LogP contribution in [0.1, 0.15) is 20.8 Å². The number of carbonyl (C=O) groups excluding carboxylic acids is 2. The van der Waals surface area contributed by atoms with Crippen LogP contribution in [0.2, 0.25) is 0 Å². The molecule has 1 N–H and O–H groups in total. The molecule has 0 saturated carbocycles. The van der Waals surface area contributed by atoms with E-state index in [2.05, 4.69) is 5.32 Å². The van der Waals surface area contributed by atoms with Crippen LogP contribution in [0.5, 0.6) is 0 Å². The zero-order valence-corrected chi connectivity index (χ0v) is 8.55. The van der Waals surface area contributed by atoms with E-state index in [1.807, 2.05) is 20.8 Å². The Balaban J connectivity index is 2.84. The van der Waals surface area contributed by atoms with Gasteiger partial charge >= 0.3 is 0 Å². The lowest BCUT2D eigenvalue weighted by atomic mass is 9.85. The first-order valence-electron chi connectivity index (χ1n) is 4.36. The molecule has 1 saturated heterocycles. The molecule has 0 aromatic rings. The Morgan fingerprint density at radius 2 is 1.92 bits per heavy atom. The normalized spacial score (nSPS) is 24.6. The molecule has 1 unspecified atom stereocenters. The average Bonchev–Trinajstić information content (AvgIpc) is 1.94. The smallest absolute Gasteiger partial charge is 0.245 e. The summed E-state index contributed by atoms with van der Waals surface area (Å²) < 4.78 is 0. The lowest BCUT2D eigenvalue weighted by Gasteiger charge is -2.37. The van der Waals surface area contributed by atoms with Crippen LogP contribution in [0.25, 0.3) is 0 Å². The summed E-state index contributed by atoms with van der Waals surface area (Å²) in [7, 11) is 1.65. The first kappa shape index (κ1) is 10.0. The minimum atomic E-state index is -0.390. The van der Waals surface area contributed by atoms with Gasteiger partial charge in [-0.1, -0.05) is 20.8 Å². The summed E-state index contributed by atoms with van der Waals surface area (Å²) in [6.45, 7) is 5.99. The van der Waals surface area contributed by atoms with Crippen LogP contribution >= 0.6 is 0 Å². The third kappa shape index (κ3) is 1.99. The van der Waals surface area contributed by atoms with Gasteiger partial charge in [0.2, 0.25) is 11.8 Å². The van der Waals surface area contributed by atoms with E-state index in [1.165, 1.54) is 4.90 Å². The number of hydrogen-bond donors (Lipinski definition) is 1. The van der Waals surface area contributed by atoms with Crippen LogP contribution in [0, 0.1) is 5.41 Å². The van der Waals surface area contributed by atoms with Crippen molar-refractivity contribution in [3.05, 3.63) is 0 Å². The predicted molar refractivity (Wildman–Crippen MR) is 49.0 cm³/mol. The van der Waals surface area contributed by atoms with Gasteiger partial charge in [0.15, 0.2) is 0 Å². The standard InChI is InChI=1S/C9H16N2O2/c1-9(2,3)7-8(13)11(4)5-6(12)10-7/h7H,5H2,1-4H3,(H,10,12). The number of amides is 2. The molecule has 13 heavy (non-hydrogen) atoms. The minimum Gasteiger partial charge on any atom is -0.342 e. The molecule has 2 amide bonds. The Bertz CT molecular complexity index is 242. The molecule has 4 heteroatoms. The van der Waals surface area contributed by atoms with Gasteiger partial charge in [-0.05, 0) is 5.41 Å². The molecule has 74 valence electrons. The molecular formula is C9H16N2O2. The Hall–Kier alpha value is -1.06. The fourth-order valence-corrected chi connectivity index (χ4v) is 1.37. The fraction of sp³-hybridized carbons (Fsp3) is 0.778. The van der Waals surface area contributed by atoms with Crippen molar-refractivity contribution in [2.45, 2.75) is 26.8 Å². The number of hydrogen-bond acceptors (Lipinski definition) is 2. The highest BCUT2D eigenvalue weighted by Crippen LogP contribution is 2.22. The van der Waals surface area contributed by atoms with Gasteiger partial charge in [0.05, 0.1) is 6.54 Å². The number of rotatable bonds is 0. The topological polar surface area (TPSA) is 49.4 Å². The molecule has 0 aromatic carbocycles. The van der Waals surface area contributed by atoms with Crippen molar-refractivity contribution < 1.29 is 9.59 Å². The monoisotopic (exact) mass is 184 g/mol. The zero-order valence-electron chi connectivity index (χ0n) is 8.55. The van der Waals surface area contributed by atoms with Gasteiger partial charge in [0, 0.05) is 7.05 Å². The van der Waals surface area contributed by atoms with Crippen LogP contribution in [-0.4, -0.2) is 36.3 Å². The van der Waals surface area contributed by atoms with Crippen LogP contribution in [0.4, 0.5) is 0 Å². The highest BCUT2D eigenvalue weighted by atomic mass is 16.2. The summed E-state index contributed by atoms with van der Waals surface area (Å²) in [6.07, 6.45) is 0. The van der Waals surface area contributed by atoms with Crippen molar-refractivity contribution in [1.82, 2.24) is 10.2 Å². The minimum absolute atomic E-state index is 0.00731. The fourth-order valence-electron chi connectivity index (χ4n) is 1.37. The molecular weight excluding hydrogens is 168 g/mol.